The Hall–Kier alpha value is -1.49. The summed E-state index contributed by atoms with van der Waals surface area (Å²) in [5.74, 6) is -0.786. The van der Waals surface area contributed by atoms with Gasteiger partial charge in [0, 0.05) is 12.6 Å². The third-order valence-electron chi connectivity index (χ3n) is 3.44. The van der Waals surface area contributed by atoms with Gasteiger partial charge in [0.25, 0.3) is 0 Å². The predicted molar refractivity (Wildman–Crippen MR) is 66.8 cm³/mol. The van der Waals surface area contributed by atoms with Gasteiger partial charge in [-0.15, -0.1) is 0 Å². The highest BCUT2D eigenvalue weighted by Crippen LogP contribution is 2.27. The quantitative estimate of drug-likeness (QED) is 0.718. The van der Waals surface area contributed by atoms with Crippen LogP contribution in [0.4, 0.5) is 5.88 Å². The molecule has 5 nitrogen and oxygen atoms in total. The van der Waals surface area contributed by atoms with E-state index in [4.69, 9.17) is 9.52 Å². The number of carboxylic acid groups (broad SMARTS) is 1. The zero-order valence-corrected chi connectivity index (χ0v) is 10.3. The molecule has 2 rings (SSSR count). The van der Waals surface area contributed by atoms with Crippen LogP contribution in [-0.4, -0.2) is 28.3 Å². The minimum absolute atomic E-state index is 0.0923. The van der Waals surface area contributed by atoms with E-state index in [0.29, 0.717) is 12.4 Å². The highest BCUT2D eigenvalue weighted by Gasteiger charge is 2.28. The van der Waals surface area contributed by atoms with E-state index in [9.17, 15) is 9.90 Å². The van der Waals surface area contributed by atoms with Crippen LogP contribution in [0.3, 0.4) is 0 Å². The van der Waals surface area contributed by atoms with Crippen molar-refractivity contribution < 1.29 is 19.4 Å². The van der Waals surface area contributed by atoms with Crippen molar-refractivity contribution in [2.24, 2.45) is 0 Å². The Morgan fingerprint density at radius 1 is 1.28 bits per heavy atom. The molecule has 18 heavy (non-hydrogen) atoms. The molecular formula is C13H19NO4. The molecule has 1 aliphatic carbocycles. The lowest BCUT2D eigenvalue weighted by Gasteiger charge is -2.26. The molecule has 0 atom stereocenters. The molecule has 1 aromatic heterocycles. The van der Waals surface area contributed by atoms with Gasteiger partial charge < -0.3 is 19.9 Å². The first-order chi connectivity index (χ1) is 8.59. The number of carboxylic acids is 1. The first kappa shape index (κ1) is 13.0. The van der Waals surface area contributed by atoms with Crippen molar-refractivity contribution >= 4 is 11.9 Å². The predicted octanol–water partition coefficient (Wildman–Crippen LogP) is 2.48. The number of furan rings is 1. The molecular weight excluding hydrogens is 234 g/mol. The van der Waals surface area contributed by atoms with Crippen molar-refractivity contribution in [3.05, 3.63) is 17.9 Å². The minimum Gasteiger partial charge on any atom is -0.475 e. The van der Waals surface area contributed by atoms with Crippen molar-refractivity contribution in [1.29, 1.82) is 0 Å². The molecule has 1 fully saturated rings. The van der Waals surface area contributed by atoms with Crippen LogP contribution < -0.4 is 5.32 Å². The number of anilines is 1. The lowest BCUT2D eigenvalue weighted by molar-refractivity contribution is 0.0377. The highest BCUT2D eigenvalue weighted by molar-refractivity contribution is 5.84. The number of aliphatic hydroxyl groups is 1. The number of aromatic carboxylic acids is 1. The molecule has 0 bridgehead atoms. The van der Waals surface area contributed by atoms with Crippen LogP contribution in [0, 0.1) is 0 Å². The number of rotatable bonds is 4. The lowest BCUT2D eigenvalue weighted by Crippen LogP contribution is -2.36. The summed E-state index contributed by atoms with van der Waals surface area (Å²) >= 11 is 0. The maximum Gasteiger partial charge on any atom is 0.371 e. The Kier molecular flexibility index (Phi) is 3.91. The zero-order valence-electron chi connectivity index (χ0n) is 10.3. The third-order valence-corrected chi connectivity index (χ3v) is 3.44. The number of nitrogens with one attached hydrogen (secondary N) is 1. The molecule has 0 saturated heterocycles. The van der Waals surface area contributed by atoms with Gasteiger partial charge in [-0.3, -0.25) is 0 Å². The Bertz CT molecular complexity index is 405. The summed E-state index contributed by atoms with van der Waals surface area (Å²) < 4.78 is 5.09. The molecule has 1 aliphatic rings. The Labute approximate surface area is 106 Å². The summed E-state index contributed by atoms with van der Waals surface area (Å²) in [6.07, 6.45) is 5.99. The molecule has 0 radical (unpaired) electrons. The Morgan fingerprint density at radius 3 is 2.50 bits per heavy atom. The first-order valence-corrected chi connectivity index (χ1v) is 6.38. The van der Waals surface area contributed by atoms with Gasteiger partial charge in [0.05, 0.1) is 5.60 Å². The van der Waals surface area contributed by atoms with Crippen LogP contribution in [0.5, 0.6) is 0 Å². The molecule has 0 aliphatic heterocycles. The summed E-state index contributed by atoms with van der Waals surface area (Å²) in [6.45, 7) is 0.402. The van der Waals surface area contributed by atoms with Gasteiger partial charge in [0.2, 0.25) is 5.76 Å². The summed E-state index contributed by atoms with van der Waals surface area (Å²) in [5.41, 5.74) is -0.702. The fourth-order valence-electron chi connectivity index (χ4n) is 2.36. The fraction of sp³-hybridized carbons (Fsp3) is 0.615. The molecule has 5 heteroatoms. The third kappa shape index (κ3) is 3.26. The lowest BCUT2D eigenvalue weighted by atomic mass is 9.94. The normalized spacial score (nSPS) is 19.2. The second-order valence-corrected chi connectivity index (χ2v) is 4.96. The Morgan fingerprint density at radius 2 is 1.94 bits per heavy atom. The Balaban J connectivity index is 1.91. The van der Waals surface area contributed by atoms with Crippen LogP contribution in [0.1, 0.15) is 49.1 Å². The molecule has 100 valence electrons. The molecule has 3 N–H and O–H groups in total. The van der Waals surface area contributed by atoms with Gasteiger partial charge in [0.1, 0.15) is 0 Å². The van der Waals surface area contributed by atoms with Gasteiger partial charge in [-0.25, -0.2) is 4.79 Å². The van der Waals surface area contributed by atoms with Crippen LogP contribution in [0.15, 0.2) is 16.5 Å². The van der Waals surface area contributed by atoms with Crippen molar-refractivity contribution in [1.82, 2.24) is 0 Å². The maximum atomic E-state index is 10.7. The van der Waals surface area contributed by atoms with Crippen LogP contribution >= 0.6 is 0 Å². The summed E-state index contributed by atoms with van der Waals surface area (Å²) in [6, 6.07) is 2.98. The van der Waals surface area contributed by atoms with Crippen LogP contribution in [0.2, 0.25) is 0 Å². The van der Waals surface area contributed by atoms with Crippen molar-refractivity contribution in [2.45, 2.75) is 44.1 Å². The van der Waals surface area contributed by atoms with E-state index < -0.39 is 11.6 Å². The van der Waals surface area contributed by atoms with E-state index in [2.05, 4.69) is 5.32 Å². The maximum absolute atomic E-state index is 10.7. The SMILES string of the molecule is O=C(O)c1ccc(NCC2(O)CCCCCC2)o1. The smallest absolute Gasteiger partial charge is 0.371 e. The molecule has 0 unspecified atom stereocenters. The van der Waals surface area contributed by atoms with Crippen molar-refractivity contribution in [3.63, 3.8) is 0 Å². The molecule has 1 saturated carbocycles. The van der Waals surface area contributed by atoms with Crippen LogP contribution in [-0.2, 0) is 0 Å². The molecule has 0 spiro atoms. The topological polar surface area (TPSA) is 82.7 Å². The van der Waals surface area contributed by atoms with Crippen molar-refractivity contribution in [2.75, 3.05) is 11.9 Å². The minimum atomic E-state index is -1.09. The van der Waals surface area contributed by atoms with Gasteiger partial charge >= 0.3 is 5.97 Å². The van der Waals surface area contributed by atoms with Crippen LogP contribution in [0.25, 0.3) is 0 Å². The van der Waals surface area contributed by atoms with E-state index in [1.165, 1.54) is 18.9 Å². The molecule has 0 aromatic carbocycles. The van der Waals surface area contributed by atoms with E-state index in [1.54, 1.807) is 6.07 Å². The van der Waals surface area contributed by atoms with Gasteiger partial charge in [-0.05, 0) is 18.9 Å². The zero-order chi connectivity index (χ0) is 13.0. The monoisotopic (exact) mass is 253 g/mol. The molecule has 0 amide bonds. The van der Waals surface area contributed by atoms with Gasteiger partial charge in [-0.1, -0.05) is 25.7 Å². The number of hydrogen-bond acceptors (Lipinski definition) is 4. The van der Waals surface area contributed by atoms with Crippen molar-refractivity contribution in [3.8, 4) is 0 Å². The van der Waals surface area contributed by atoms with E-state index in [0.717, 1.165) is 25.7 Å². The number of carbonyl (C=O) groups is 1. The first-order valence-electron chi connectivity index (χ1n) is 6.38. The fourth-order valence-corrected chi connectivity index (χ4v) is 2.36. The van der Waals surface area contributed by atoms with E-state index >= 15 is 0 Å². The van der Waals surface area contributed by atoms with Gasteiger partial charge in [0.15, 0.2) is 5.88 Å². The molecule has 1 aromatic rings. The highest BCUT2D eigenvalue weighted by atomic mass is 16.4. The second kappa shape index (κ2) is 5.44. The average molecular weight is 253 g/mol. The van der Waals surface area contributed by atoms with Gasteiger partial charge in [-0.2, -0.15) is 0 Å². The largest absolute Gasteiger partial charge is 0.475 e. The average Bonchev–Trinajstić information content (AvgIpc) is 2.71. The summed E-state index contributed by atoms with van der Waals surface area (Å²) in [4.78, 5) is 10.7. The van der Waals surface area contributed by atoms with E-state index in [1.807, 2.05) is 0 Å². The summed E-state index contributed by atoms with van der Waals surface area (Å²) in [5, 5.41) is 22.1. The molecule has 1 heterocycles. The standard InChI is InChI=1S/C13H19NO4/c15-12(16)10-5-6-11(18-10)14-9-13(17)7-3-1-2-4-8-13/h5-6,14,17H,1-4,7-9H2,(H,15,16). The van der Waals surface area contributed by atoms with E-state index in [-0.39, 0.29) is 5.76 Å². The number of hydrogen-bond donors (Lipinski definition) is 3. The summed E-state index contributed by atoms with van der Waals surface area (Å²) in [7, 11) is 0. The second-order valence-electron chi connectivity index (χ2n) is 4.96.